The van der Waals surface area contributed by atoms with Gasteiger partial charge in [-0.15, -0.1) is 11.3 Å². The summed E-state index contributed by atoms with van der Waals surface area (Å²) in [5, 5.41) is 4.26. The highest BCUT2D eigenvalue weighted by molar-refractivity contribution is 7.18. The molecule has 0 spiro atoms. The summed E-state index contributed by atoms with van der Waals surface area (Å²) in [6.45, 7) is 2.51. The molecular weight excluding hydrogens is 290 g/mol. The van der Waals surface area contributed by atoms with Gasteiger partial charge in [-0.3, -0.25) is 0 Å². The van der Waals surface area contributed by atoms with Crippen molar-refractivity contribution in [3.8, 4) is 0 Å². The summed E-state index contributed by atoms with van der Waals surface area (Å²) in [5.74, 6) is -1.64. The number of nitrogens with zero attached hydrogens (tertiary/aromatic N) is 1. The summed E-state index contributed by atoms with van der Waals surface area (Å²) >= 11 is 1.63. The van der Waals surface area contributed by atoms with Gasteiger partial charge in [-0.05, 0) is 36.8 Å². The average Bonchev–Trinajstić information content (AvgIpc) is 2.90. The maximum atomic E-state index is 13.2. The van der Waals surface area contributed by atoms with Crippen LogP contribution in [-0.4, -0.2) is 4.98 Å². The van der Waals surface area contributed by atoms with E-state index in [9.17, 15) is 8.78 Å². The third-order valence-electron chi connectivity index (χ3n) is 3.34. The minimum absolute atomic E-state index is 0.0767. The van der Waals surface area contributed by atoms with Crippen molar-refractivity contribution in [1.82, 2.24) is 10.3 Å². The quantitative estimate of drug-likeness (QED) is 0.771. The van der Waals surface area contributed by atoms with Crippen molar-refractivity contribution in [2.75, 3.05) is 0 Å². The minimum atomic E-state index is -0.822. The Bertz CT molecular complexity index is 737. The molecule has 1 aromatic heterocycles. The average molecular weight is 304 g/mol. The van der Waals surface area contributed by atoms with Gasteiger partial charge in [0, 0.05) is 12.6 Å². The van der Waals surface area contributed by atoms with Crippen molar-refractivity contribution in [3.05, 3.63) is 64.7 Å². The van der Waals surface area contributed by atoms with Crippen LogP contribution in [0.1, 0.15) is 23.5 Å². The number of hydrogen-bond donors (Lipinski definition) is 1. The second-order valence-electron chi connectivity index (χ2n) is 4.85. The van der Waals surface area contributed by atoms with Crippen molar-refractivity contribution >= 4 is 21.6 Å². The predicted molar refractivity (Wildman–Crippen MR) is 81.2 cm³/mol. The summed E-state index contributed by atoms with van der Waals surface area (Å²) in [6, 6.07) is 11.9. The van der Waals surface area contributed by atoms with Crippen LogP contribution in [0.25, 0.3) is 10.2 Å². The van der Waals surface area contributed by atoms with Crippen LogP contribution >= 0.6 is 11.3 Å². The number of aromatic nitrogens is 1. The van der Waals surface area contributed by atoms with Gasteiger partial charge in [-0.1, -0.05) is 18.2 Å². The summed E-state index contributed by atoms with van der Waals surface area (Å²) < 4.78 is 27.3. The Kier molecular flexibility index (Phi) is 3.94. The first-order valence-electron chi connectivity index (χ1n) is 6.66. The highest BCUT2D eigenvalue weighted by atomic mass is 32.1. The topological polar surface area (TPSA) is 24.9 Å². The third-order valence-corrected chi connectivity index (χ3v) is 4.38. The lowest BCUT2D eigenvalue weighted by molar-refractivity contribution is 0.500. The smallest absolute Gasteiger partial charge is 0.159 e. The van der Waals surface area contributed by atoms with Crippen molar-refractivity contribution in [3.63, 3.8) is 0 Å². The fourth-order valence-corrected chi connectivity index (χ4v) is 3.05. The van der Waals surface area contributed by atoms with E-state index in [4.69, 9.17) is 0 Å². The van der Waals surface area contributed by atoms with E-state index in [1.807, 2.05) is 31.2 Å². The van der Waals surface area contributed by atoms with E-state index in [0.717, 1.165) is 26.9 Å². The second kappa shape index (κ2) is 5.87. The van der Waals surface area contributed by atoms with Crippen molar-refractivity contribution in [2.45, 2.75) is 19.5 Å². The molecule has 3 aromatic rings. The molecule has 0 amide bonds. The lowest BCUT2D eigenvalue weighted by Crippen LogP contribution is -2.18. The Labute approximate surface area is 125 Å². The number of fused-ring (bicyclic) bond motifs is 1. The molecule has 0 unspecified atom stereocenters. The van der Waals surface area contributed by atoms with Gasteiger partial charge >= 0.3 is 0 Å². The predicted octanol–water partition coefficient (Wildman–Crippen LogP) is 4.43. The van der Waals surface area contributed by atoms with E-state index in [1.54, 1.807) is 17.4 Å². The van der Waals surface area contributed by atoms with Gasteiger partial charge < -0.3 is 5.32 Å². The van der Waals surface area contributed by atoms with E-state index in [-0.39, 0.29) is 6.04 Å². The van der Waals surface area contributed by atoms with E-state index in [2.05, 4.69) is 10.3 Å². The molecule has 3 rings (SSSR count). The second-order valence-corrected chi connectivity index (χ2v) is 5.97. The Morgan fingerprint density at radius 2 is 1.95 bits per heavy atom. The molecule has 0 saturated carbocycles. The molecule has 5 heteroatoms. The fourth-order valence-electron chi connectivity index (χ4n) is 2.14. The lowest BCUT2D eigenvalue weighted by Gasteiger charge is -2.13. The summed E-state index contributed by atoms with van der Waals surface area (Å²) in [4.78, 5) is 4.53. The number of rotatable bonds is 4. The van der Waals surface area contributed by atoms with Crippen LogP contribution in [0.5, 0.6) is 0 Å². The van der Waals surface area contributed by atoms with Crippen LogP contribution in [0, 0.1) is 11.6 Å². The van der Waals surface area contributed by atoms with Gasteiger partial charge in [-0.25, -0.2) is 13.8 Å². The van der Waals surface area contributed by atoms with E-state index < -0.39 is 11.6 Å². The van der Waals surface area contributed by atoms with Gasteiger partial charge in [0.1, 0.15) is 5.01 Å². The first-order chi connectivity index (χ1) is 10.1. The van der Waals surface area contributed by atoms with Gasteiger partial charge in [0.2, 0.25) is 0 Å². The minimum Gasteiger partial charge on any atom is -0.304 e. The maximum Gasteiger partial charge on any atom is 0.159 e. The van der Waals surface area contributed by atoms with Gasteiger partial charge in [0.15, 0.2) is 11.6 Å². The van der Waals surface area contributed by atoms with Crippen molar-refractivity contribution in [2.24, 2.45) is 0 Å². The SMILES string of the molecule is C[C@H](NCc1nc2ccccc2s1)c1ccc(F)c(F)c1. The normalized spacial score (nSPS) is 12.7. The highest BCUT2D eigenvalue weighted by Gasteiger charge is 2.10. The van der Waals surface area contributed by atoms with Gasteiger partial charge in [-0.2, -0.15) is 0 Å². The number of thiazole rings is 1. The largest absolute Gasteiger partial charge is 0.304 e. The van der Waals surface area contributed by atoms with E-state index >= 15 is 0 Å². The summed E-state index contributed by atoms with van der Waals surface area (Å²) in [6.07, 6.45) is 0. The maximum absolute atomic E-state index is 13.2. The summed E-state index contributed by atoms with van der Waals surface area (Å²) in [7, 11) is 0. The molecule has 0 bridgehead atoms. The first-order valence-corrected chi connectivity index (χ1v) is 7.48. The fraction of sp³-hybridized carbons (Fsp3) is 0.188. The number of hydrogen-bond acceptors (Lipinski definition) is 3. The standard InChI is InChI=1S/C16H14F2N2S/c1-10(11-6-7-12(17)13(18)8-11)19-9-16-20-14-4-2-3-5-15(14)21-16/h2-8,10,19H,9H2,1H3/t10-/m0/s1. The van der Waals surface area contributed by atoms with Crippen molar-refractivity contribution in [1.29, 1.82) is 0 Å². The molecular formula is C16H14F2N2S. The van der Waals surface area contributed by atoms with Crippen LogP contribution in [0.15, 0.2) is 42.5 Å². The number of benzene rings is 2. The van der Waals surface area contributed by atoms with Crippen LogP contribution < -0.4 is 5.32 Å². The highest BCUT2D eigenvalue weighted by Crippen LogP contribution is 2.22. The Hall–Kier alpha value is -1.85. The summed E-state index contributed by atoms with van der Waals surface area (Å²) in [5.41, 5.74) is 1.70. The molecule has 21 heavy (non-hydrogen) atoms. The molecule has 0 radical (unpaired) electrons. The lowest BCUT2D eigenvalue weighted by atomic mass is 10.1. The van der Waals surface area contributed by atoms with Crippen LogP contribution in [-0.2, 0) is 6.54 Å². The number of nitrogens with one attached hydrogen (secondary N) is 1. The molecule has 1 atom stereocenters. The zero-order valence-electron chi connectivity index (χ0n) is 11.4. The molecule has 2 aromatic carbocycles. The number of halogens is 2. The van der Waals surface area contributed by atoms with Crippen LogP contribution in [0.2, 0.25) is 0 Å². The molecule has 0 saturated heterocycles. The zero-order valence-corrected chi connectivity index (χ0v) is 12.3. The Morgan fingerprint density at radius 3 is 2.71 bits per heavy atom. The molecule has 1 heterocycles. The van der Waals surface area contributed by atoms with Crippen LogP contribution in [0.3, 0.4) is 0 Å². The Morgan fingerprint density at radius 1 is 1.14 bits per heavy atom. The van der Waals surface area contributed by atoms with E-state index in [1.165, 1.54) is 6.07 Å². The van der Waals surface area contributed by atoms with Gasteiger partial charge in [0.05, 0.1) is 10.2 Å². The monoisotopic (exact) mass is 304 g/mol. The molecule has 0 aliphatic carbocycles. The molecule has 0 fully saturated rings. The Balaban J connectivity index is 1.70. The number of para-hydroxylation sites is 1. The van der Waals surface area contributed by atoms with Crippen LogP contribution in [0.4, 0.5) is 8.78 Å². The molecule has 0 aliphatic rings. The first kappa shape index (κ1) is 14.1. The van der Waals surface area contributed by atoms with Crippen molar-refractivity contribution < 1.29 is 8.78 Å². The van der Waals surface area contributed by atoms with E-state index in [0.29, 0.717) is 6.54 Å². The molecule has 1 N–H and O–H groups in total. The molecule has 0 aliphatic heterocycles. The van der Waals surface area contributed by atoms with Gasteiger partial charge in [0.25, 0.3) is 0 Å². The molecule has 2 nitrogen and oxygen atoms in total. The molecule has 108 valence electrons. The third kappa shape index (κ3) is 3.09. The zero-order chi connectivity index (χ0) is 14.8.